The summed E-state index contributed by atoms with van der Waals surface area (Å²) in [6, 6.07) is 11.0. The van der Waals surface area contributed by atoms with Crippen molar-refractivity contribution in [3.63, 3.8) is 0 Å². The molecule has 28 heavy (non-hydrogen) atoms. The predicted octanol–water partition coefficient (Wildman–Crippen LogP) is 3.11. The number of hydrogen-bond acceptors (Lipinski definition) is 5. The molecule has 2 aromatic rings. The van der Waals surface area contributed by atoms with Gasteiger partial charge in [0, 0.05) is 23.7 Å². The van der Waals surface area contributed by atoms with Gasteiger partial charge in [-0.25, -0.2) is 8.42 Å². The summed E-state index contributed by atoms with van der Waals surface area (Å²) in [7, 11) is -3.87. The maximum absolute atomic E-state index is 12.7. The molecule has 8 nitrogen and oxygen atoms in total. The lowest BCUT2D eigenvalue weighted by atomic mass is 10.1. The molecule has 1 N–H and O–H groups in total. The first-order valence-electron chi connectivity index (χ1n) is 8.39. The first-order chi connectivity index (χ1) is 13.1. The summed E-state index contributed by atoms with van der Waals surface area (Å²) in [5.41, 5.74) is 0.599. The maximum atomic E-state index is 12.7. The van der Waals surface area contributed by atoms with E-state index in [1.54, 1.807) is 31.2 Å². The summed E-state index contributed by atoms with van der Waals surface area (Å²) in [6.45, 7) is 1.86. The third-order valence-electron chi connectivity index (χ3n) is 4.00. The van der Waals surface area contributed by atoms with Crippen LogP contribution in [-0.2, 0) is 21.4 Å². The van der Waals surface area contributed by atoms with Gasteiger partial charge in [0.25, 0.3) is 5.69 Å². The van der Waals surface area contributed by atoms with Gasteiger partial charge in [0.1, 0.15) is 6.04 Å². The lowest BCUT2D eigenvalue weighted by Crippen LogP contribution is -2.49. The highest BCUT2D eigenvalue weighted by molar-refractivity contribution is 7.92. The third kappa shape index (κ3) is 5.43. The van der Waals surface area contributed by atoms with Gasteiger partial charge in [0.2, 0.25) is 15.9 Å². The van der Waals surface area contributed by atoms with Crippen LogP contribution in [0.5, 0.6) is 0 Å². The van der Waals surface area contributed by atoms with Crippen LogP contribution in [0.25, 0.3) is 0 Å². The first kappa shape index (κ1) is 21.6. The monoisotopic (exact) mass is 425 g/mol. The smallest absolute Gasteiger partial charge is 0.271 e. The number of carbonyl (C=O) groups is 1. The number of benzene rings is 2. The van der Waals surface area contributed by atoms with Gasteiger partial charge in [-0.15, -0.1) is 0 Å². The number of nitrogens with one attached hydrogen (secondary N) is 1. The SMILES string of the molecule is CC[C@@H](C(=O)NCc1ccc(Cl)cc1)N(c1cccc([N+](=O)[O-])c1)S(C)(=O)=O. The molecule has 10 heteroatoms. The van der Waals surface area contributed by atoms with Gasteiger partial charge in [-0.1, -0.05) is 36.7 Å². The molecule has 0 unspecified atom stereocenters. The van der Waals surface area contributed by atoms with Crippen molar-refractivity contribution in [2.45, 2.75) is 25.9 Å². The summed E-state index contributed by atoms with van der Waals surface area (Å²) in [5, 5.41) is 14.3. The fourth-order valence-corrected chi connectivity index (χ4v) is 4.04. The number of nitrogens with zero attached hydrogens (tertiary/aromatic N) is 2. The Morgan fingerprint density at radius 2 is 1.89 bits per heavy atom. The molecule has 1 atom stereocenters. The van der Waals surface area contributed by atoms with Crippen molar-refractivity contribution in [2.24, 2.45) is 0 Å². The van der Waals surface area contributed by atoms with Crippen LogP contribution < -0.4 is 9.62 Å². The third-order valence-corrected chi connectivity index (χ3v) is 5.44. The minimum absolute atomic E-state index is 0.0604. The van der Waals surface area contributed by atoms with Crippen LogP contribution in [0, 0.1) is 10.1 Å². The molecule has 2 rings (SSSR count). The van der Waals surface area contributed by atoms with Crippen LogP contribution in [0.1, 0.15) is 18.9 Å². The second-order valence-electron chi connectivity index (χ2n) is 6.10. The molecule has 0 aliphatic carbocycles. The molecule has 0 saturated heterocycles. The Balaban J connectivity index is 2.29. The standard InChI is InChI=1S/C18H20ClN3O5S/c1-3-17(18(23)20-12-13-7-9-14(19)10-8-13)21(28(2,26)27)15-5-4-6-16(11-15)22(24)25/h4-11,17H,3,12H2,1-2H3,(H,20,23)/t17-/m0/s1. The van der Waals surface area contributed by atoms with E-state index in [9.17, 15) is 23.3 Å². The molecule has 0 spiro atoms. The Kier molecular flexibility index (Phi) is 6.98. The van der Waals surface area contributed by atoms with Crippen LogP contribution in [-0.4, -0.2) is 31.5 Å². The molecule has 0 heterocycles. The number of anilines is 1. The number of nitro groups is 1. The zero-order valence-electron chi connectivity index (χ0n) is 15.3. The number of carbonyl (C=O) groups excluding carboxylic acids is 1. The van der Waals surface area contributed by atoms with Crippen molar-refractivity contribution in [1.29, 1.82) is 0 Å². The van der Waals surface area contributed by atoms with Crippen molar-refractivity contribution in [2.75, 3.05) is 10.6 Å². The van der Waals surface area contributed by atoms with Gasteiger partial charge >= 0.3 is 0 Å². The first-order valence-corrected chi connectivity index (χ1v) is 10.6. The van der Waals surface area contributed by atoms with E-state index in [0.29, 0.717) is 5.02 Å². The topological polar surface area (TPSA) is 110 Å². The van der Waals surface area contributed by atoms with E-state index >= 15 is 0 Å². The second-order valence-corrected chi connectivity index (χ2v) is 8.40. The highest BCUT2D eigenvalue weighted by Crippen LogP contribution is 2.26. The molecule has 150 valence electrons. The number of nitro benzene ring substituents is 1. The number of halogens is 1. The van der Waals surface area contributed by atoms with E-state index in [2.05, 4.69) is 5.32 Å². The normalized spacial score (nSPS) is 12.2. The number of sulfonamides is 1. The fraction of sp³-hybridized carbons (Fsp3) is 0.278. The Hall–Kier alpha value is -2.65. The van der Waals surface area contributed by atoms with Gasteiger partial charge in [-0.3, -0.25) is 19.2 Å². The van der Waals surface area contributed by atoms with E-state index in [1.807, 2.05) is 0 Å². The van der Waals surface area contributed by atoms with Gasteiger partial charge in [-0.05, 0) is 30.2 Å². The van der Waals surface area contributed by atoms with E-state index in [1.165, 1.54) is 18.2 Å². The summed E-state index contributed by atoms with van der Waals surface area (Å²) in [5.74, 6) is -0.505. The quantitative estimate of drug-likeness (QED) is 0.516. The van der Waals surface area contributed by atoms with Gasteiger partial charge in [0.05, 0.1) is 16.9 Å². The Morgan fingerprint density at radius 3 is 2.43 bits per heavy atom. The van der Waals surface area contributed by atoms with Crippen LogP contribution >= 0.6 is 11.6 Å². The summed E-state index contributed by atoms with van der Waals surface area (Å²) < 4.78 is 25.7. The maximum Gasteiger partial charge on any atom is 0.271 e. The zero-order chi connectivity index (χ0) is 20.9. The summed E-state index contributed by atoms with van der Waals surface area (Å²) >= 11 is 5.83. The molecule has 0 aliphatic heterocycles. The van der Waals surface area contributed by atoms with E-state index < -0.39 is 26.9 Å². The molecule has 0 radical (unpaired) electrons. The molecule has 0 aliphatic rings. The van der Waals surface area contributed by atoms with Crippen LogP contribution in [0.4, 0.5) is 11.4 Å². The van der Waals surface area contributed by atoms with Crippen molar-refractivity contribution in [3.05, 3.63) is 69.2 Å². The number of rotatable bonds is 8. The second kappa shape index (κ2) is 9.03. The Bertz CT molecular complexity index is 963. The molecule has 2 aromatic carbocycles. The molecule has 0 aromatic heterocycles. The molecule has 0 fully saturated rings. The van der Waals surface area contributed by atoms with Crippen LogP contribution in [0.2, 0.25) is 5.02 Å². The van der Waals surface area contributed by atoms with Crippen LogP contribution in [0.15, 0.2) is 48.5 Å². The van der Waals surface area contributed by atoms with Crippen LogP contribution in [0.3, 0.4) is 0 Å². The highest BCUT2D eigenvalue weighted by Gasteiger charge is 2.32. The van der Waals surface area contributed by atoms with E-state index in [4.69, 9.17) is 11.6 Å². The number of amides is 1. The van der Waals surface area contributed by atoms with E-state index in [0.717, 1.165) is 22.2 Å². The number of hydrogen-bond donors (Lipinski definition) is 1. The summed E-state index contributed by atoms with van der Waals surface area (Å²) in [6.07, 6.45) is 1.14. The van der Waals surface area contributed by atoms with Crippen molar-refractivity contribution >= 4 is 38.9 Å². The molecule has 1 amide bonds. The van der Waals surface area contributed by atoms with Crippen molar-refractivity contribution in [1.82, 2.24) is 5.32 Å². The lowest BCUT2D eigenvalue weighted by Gasteiger charge is -2.30. The van der Waals surface area contributed by atoms with Gasteiger partial charge in [0.15, 0.2) is 0 Å². The summed E-state index contributed by atoms with van der Waals surface area (Å²) in [4.78, 5) is 23.1. The van der Waals surface area contributed by atoms with Gasteiger partial charge < -0.3 is 5.32 Å². The zero-order valence-corrected chi connectivity index (χ0v) is 16.9. The Labute approximate surface area is 168 Å². The lowest BCUT2D eigenvalue weighted by molar-refractivity contribution is -0.384. The Morgan fingerprint density at radius 1 is 1.25 bits per heavy atom. The predicted molar refractivity (Wildman–Crippen MR) is 108 cm³/mol. The van der Waals surface area contributed by atoms with Gasteiger partial charge in [-0.2, -0.15) is 0 Å². The molecule has 0 saturated carbocycles. The molecular formula is C18H20ClN3O5S. The minimum atomic E-state index is -3.87. The fourth-order valence-electron chi connectivity index (χ4n) is 2.71. The average molecular weight is 426 g/mol. The largest absolute Gasteiger partial charge is 0.350 e. The van der Waals surface area contributed by atoms with Crippen molar-refractivity contribution in [3.8, 4) is 0 Å². The number of non-ortho nitro benzene ring substituents is 1. The molecular weight excluding hydrogens is 406 g/mol. The average Bonchev–Trinajstić information content (AvgIpc) is 2.64. The minimum Gasteiger partial charge on any atom is -0.350 e. The van der Waals surface area contributed by atoms with E-state index in [-0.39, 0.29) is 24.3 Å². The highest BCUT2D eigenvalue weighted by atomic mass is 35.5. The van der Waals surface area contributed by atoms with Crippen molar-refractivity contribution < 1.29 is 18.1 Å². The molecule has 0 bridgehead atoms.